The predicted molar refractivity (Wildman–Crippen MR) is 83.7 cm³/mol. The molecule has 0 amide bonds. The number of hydrogen-bond acceptors (Lipinski definition) is 6. The molecule has 0 aromatic carbocycles. The molecule has 3 heterocycles. The summed E-state index contributed by atoms with van der Waals surface area (Å²) in [6.45, 7) is 4.90. The Morgan fingerprint density at radius 3 is 2.91 bits per heavy atom. The molecule has 3 rings (SSSR count). The van der Waals surface area contributed by atoms with Gasteiger partial charge >= 0.3 is 0 Å². The molecule has 0 aliphatic heterocycles. The molecule has 3 aromatic rings. The highest BCUT2D eigenvalue weighted by Crippen LogP contribution is 2.16. The number of aryl methyl sites for hydroxylation is 2. The summed E-state index contributed by atoms with van der Waals surface area (Å²) in [5.41, 5.74) is 1.96. The number of rotatable bonds is 6. The molecule has 1 N–H and O–H groups in total. The lowest BCUT2D eigenvalue weighted by Crippen LogP contribution is -2.07. The Hall–Kier alpha value is -2.44. The van der Waals surface area contributed by atoms with E-state index in [0.717, 1.165) is 42.2 Å². The molecule has 22 heavy (non-hydrogen) atoms. The van der Waals surface area contributed by atoms with E-state index < -0.39 is 0 Å². The smallest absolute Gasteiger partial charge is 0.226 e. The molecule has 0 spiro atoms. The van der Waals surface area contributed by atoms with Gasteiger partial charge in [0.05, 0.1) is 17.2 Å². The fourth-order valence-corrected chi connectivity index (χ4v) is 2.24. The Balaban J connectivity index is 1.54. The molecular weight excluding hydrogens is 280 g/mol. The molecule has 0 atom stereocenters. The van der Waals surface area contributed by atoms with Gasteiger partial charge in [-0.3, -0.25) is 4.98 Å². The first-order valence-electron chi connectivity index (χ1n) is 7.48. The van der Waals surface area contributed by atoms with Crippen LogP contribution in [-0.4, -0.2) is 31.2 Å². The quantitative estimate of drug-likeness (QED) is 0.704. The number of nitrogens with one attached hydrogen (secondary N) is 1. The van der Waals surface area contributed by atoms with Gasteiger partial charge < -0.3 is 14.4 Å². The van der Waals surface area contributed by atoms with Crippen LogP contribution in [0.2, 0.25) is 0 Å². The van der Waals surface area contributed by atoms with Crippen LogP contribution >= 0.6 is 0 Å². The Labute approximate surface area is 128 Å². The first-order chi connectivity index (χ1) is 10.6. The number of nitrogens with zero attached hydrogens (tertiary/aromatic N) is 5. The second kappa shape index (κ2) is 6.13. The molecule has 0 saturated heterocycles. The number of aromatic nitrogens is 5. The molecular formula is C15H20N6O. The normalized spacial score (nSPS) is 11.5. The van der Waals surface area contributed by atoms with Crippen molar-refractivity contribution in [3.63, 3.8) is 0 Å². The third kappa shape index (κ3) is 2.93. The first kappa shape index (κ1) is 14.5. The van der Waals surface area contributed by atoms with E-state index in [9.17, 15) is 0 Å². The van der Waals surface area contributed by atoms with Gasteiger partial charge in [-0.2, -0.15) is 4.98 Å². The van der Waals surface area contributed by atoms with Crippen LogP contribution in [0, 0.1) is 0 Å². The number of fused-ring (bicyclic) bond motifs is 1. The topological polar surface area (TPSA) is 81.7 Å². The fourth-order valence-electron chi connectivity index (χ4n) is 2.24. The summed E-state index contributed by atoms with van der Waals surface area (Å²) in [5.74, 6) is 2.60. The minimum absolute atomic E-state index is 0.296. The van der Waals surface area contributed by atoms with E-state index in [2.05, 4.69) is 39.3 Å². The van der Waals surface area contributed by atoms with E-state index >= 15 is 0 Å². The highest BCUT2D eigenvalue weighted by molar-refractivity contribution is 5.77. The largest absolute Gasteiger partial charge is 0.356 e. The molecule has 116 valence electrons. The maximum Gasteiger partial charge on any atom is 0.226 e. The second-order valence-electron chi connectivity index (χ2n) is 5.59. The number of pyridine rings is 1. The average molecular weight is 300 g/mol. The standard InChI is InChI=1S/C15H20N6O/c1-10(2)14-19-13(22-20-14)5-4-7-17-15-18-11-6-8-16-9-12(11)21(15)3/h6,8-10H,4-5,7H2,1-3H3,(H,17,18). The van der Waals surface area contributed by atoms with E-state index in [1.807, 2.05) is 23.9 Å². The SMILES string of the molecule is CC(C)c1noc(CCCNc2nc3ccncc3n2C)n1. The molecule has 0 aliphatic carbocycles. The van der Waals surface area contributed by atoms with Crippen LogP contribution in [0.4, 0.5) is 5.95 Å². The van der Waals surface area contributed by atoms with Crippen molar-refractivity contribution in [3.05, 3.63) is 30.2 Å². The fraction of sp³-hybridized carbons (Fsp3) is 0.467. The lowest BCUT2D eigenvalue weighted by molar-refractivity contribution is 0.369. The maximum atomic E-state index is 5.23. The zero-order valence-corrected chi connectivity index (χ0v) is 13.1. The molecule has 0 saturated carbocycles. The van der Waals surface area contributed by atoms with Gasteiger partial charge in [0.1, 0.15) is 0 Å². The zero-order chi connectivity index (χ0) is 15.5. The molecule has 0 fully saturated rings. The number of anilines is 1. The number of hydrogen-bond donors (Lipinski definition) is 1. The van der Waals surface area contributed by atoms with E-state index in [1.54, 1.807) is 6.20 Å². The van der Waals surface area contributed by atoms with E-state index in [-0.39, 0.29) is 0 Å². The lowest BCUT2D eigenvalue weighted by Gasteiger charge is -2.04. The molecule has 7 heteroatoms. The van der Waals surface area contributed by atoms with Gasteiger partial charge in [0.2, 0.25) is 11.8 Å². The second-order valence-corrected chi connectivity index (χ2v) is 5.59. The van der Waals surface area contributed by atoms with Crippen LogP contribution in [0.3, 0.4) is 0 Å². The Kier molecular flexibility index (Phi) is 4.04. The molecule has 0 aliphatic rings. The maximum absolute atomic E-state index is 5.23. The molecule has 3 aromatic heterocycles. The predicted octanol–water partition coefficient (Wildman–Crippen LogP) is 2.52. The van der Waals surface area contributed by atoms with Crippen molar-refractivity contribution in [2.45, 2.75) is 32.6 Å². The molecule has 0 bridgehead atoms. The summed E-state index contributed by atoms with van der Waals surface area (Å²) >= 11 is 0. The first-order valence-corrected chi connectivity index (χ1v) is 7.48. The summed E-state index contributed by atoms with van der Waals surface area (Å²) in [6.07, 6.45) is 5.24. The monoisotopic (exact) mass is 300 g/mol. The van der Waals surface area contributed by atoms with E-state index in [1.165, 1.54) is 0 Å². The zero-order valence-electron chi connectivity index (χ0n) is 13.1. The van der Waals surface area contributed by atoms with Gasteiger partial charge in [0, 0.05) is 32.1 Å². The summed E-state index contributed by atoms with van der Waals surface area (Å²) < 4.78 is 7.24. The van der Waals surface area contributed by atoms with Gasteiger partial charge in [-0.1, -0.05) is 19.0 Å². The number of imidazole rings is 1. The highest BCUT2D eigenvalue weighted by atomic mass is 16.5. The highest BCUT2D eigenvalue weighted by Gasteiger charge is 2.10. The summed E-state index contributed by atoms with van der Waals surface area (Å²) in [5, 5.41) is 7.30. The van der Waals surface area contributed by atoms with Gasteiger partial charge in [-0.15, -0.1) is 0 Å². The lowest BCUT2D eigenvalue weighted by atomic mass is 10.2. The van der Waals surface area contributed by atoms with E-state index in [0.29, 0.717) is 11.8 Å². The minimum atomic E-state index is 0.296. The summed E-state index contributed by atoms with van der Waals surface area (Å²) in [7, 11) is 1.98. The molecule has 0 unspecified atom stereocenters. The van der Waals surface area contributed by atoms with Gasteiger partial charge in [0.25, 0.3) is 0 Å². The Bertz CT molecular complexity index is 760. The Morgan fingerprint density at radius 1 is 1.32 bits per heavy atom. The Morgan fingerprint density at radius 2 is 2.18 bits per heavy atom. The van der Waals surface area contributed by atoms with E-state index in [4.69, 9.17) is 4.52 Å². The van der Waals surface area contributed by atoms with Gasteiger partial charge in [0.15, 0.2) is 5.82 Å². The van der Waals surface area contributed by atoms with Crippen molar-refractivity contribution < 1.29 is 4.52 Å². The van der Waals surface area contributed by atoms with Crippen LogP contribution in [-0.2, 0) is 13.5 Å². The van der Waals surface area contributed by atoms with Gasteiger partial charge in [-0.25, -0.2) is 4.98 Å². The van der Waals surface area contributed by atoms with Crippen LogP contribution in [0.25, 0.3) is 11.0 Å². The third-order valence-electron chi connectivity index (χ3n) is 3.53. The molecule has 0 radical (unpaired) electrons. The van der Waals surface area contributed by atoms with Crippen LogP contribution in [0.5, 0.6) is 0 Å². The molecule has 7 nitrogen and oxygen atoms in total. The summed E-state index contributed by atoms with van der Waals surface area (Å²) in [6, 6.07) is 1.91. The van der Waals surface area contributed by atoms with Crippen molar-refractivity contribution in [1.29, 1.82) is 0 Å². The minimum Gasteiger partial charge on any atom is -0.356 e. The van der Waals surface area contributed by atoms with Crippen molar-refractivity contribution in [3.8, 4) is 0 Å². The van der Waals surface area contributed by atoms with Crippen molar-refractivity contribution in [2.75, 3.05) is 11.9 Å². The van der Waals surface area contributed by atoms with Crippen LogP contribution in [0.1, 0.15) is 37.9 Å². The third-order valence-corrected chi connectivity index (χ3v) is 3.53. The summed E-state index contributed by atoms with van der Waals surface area (Å²) in [4.78, 5) is 13.0. The van der Waals surface area contributed by atoms with Crippen molar-refractivity contribution >= 4 is 17.0 Å². The average Bonchev–Trinajstić information content (AvgIpc) is 3.10. The van der Waals surface area contributed by atoms with Crippen molar-refractivity contribution in [2.24, 2.45) is 7.05 Å². The van der Waals surface area contributed by atoms with Crippen LogP contribution < -0.4 is 5.32 Å². The van der Waals surface area contributed by atoms with Crippen molar-refractivity contribution in [1.82, 2.24) is 24.7 Å². The van der Waals surface area contributed by atoms with Crippen LogP contribution in [0.15, 0.2) is 23.0 Å². The van der Waals surface area contributed by atoms with Gasteiger partial charge in [-0.05, 0) is 12.5 Å².